The zero-order valence-corrected chi connectivity index (χ0v) is 20.0. The average Bonchev–Trinajstić information content (AvgIpc) is 2.66. The predicted molar refractivity (Wildman–Crippen MR) is 125 cm³/mol. The van der Waals surface area contributed by atoms with Crippen LogP contribution in [0.1, 0.15) is 73.4 Å². The summed E-state index contributed by atoms with van der Waals surface area (Å²) in [5.74, 6) is -0.837. The van der Waals surface area contributed by atoms with Crippen molar-refractivity contribution in [1.82, 2.24) is 10.3 Å². The molecule has 1 aromatic carbocycles. The Morgan fingerprint density at radius 3 is 2.34 bits per heavy atom. The van der Waals surface area contributed by atoms with Crippen LogP contribution >= 0.6 is 11.6 Å². The van der Waals surface area contributed by atoms with E-state index in [1.807, 2.05) is 32.9 Å². The van der Waals surface area contributed by atoms with Gasteiger partial charge in [0, 0.05) is 22.8 Å². The maximum Gasteiger partial charge on any atom is 0.337 e. The van der Waals surface area contributed by atoms with Crippen molar-refractivity contribution < 1.29 is 19.4 Å². The topological polar surface area (TPSA) is 88.5 Å². The number of benzene rings is 1. The standard InChI is InChI=1S/C25H31ClN2O4/c1-14-19(17-9-11-18(26)12-10-17)20(22(24(30)31)32-25(3,4)5)15(2)28-21(14)23(29)27-13-16-7-6-8-16/h9-12,16,22H,6-8,13H2,1-5H3,(H,27,29)(H,30,31)/t22-/m0/s1. The summed E-state index contributed by atoms with van der Waals surface area (Å²) in [6, 6.07) is 7.12. The summed E-state index contributed by atoms with van der Waals surface area (Å²) >= 11 is 6.09. The molecule has 2 aromatic rings. The molecule has 2 N–H and O–H groups in total. The number of ether oxygens (including phenoxy) is 1. The van der Waals surface area contributed by atoms with Gasteiger partial charge in [0.1, 0.15) is 5.69 Å². The monoisotopic (exact) mass is 458 g/mol. The Kier molecular flexibility index (Phi) is 7.25. The molecule has 0 saturated heterocycles. The lowest BCUT2D eigenvalue weighted by Gasteiger charge is -2.29. The largest absolute Gasteiger partial charge is 0.479 e. The summed E-state index contributed by atoms with van der Waals surface area (Å²) < 4.78 is 5.94. The van der Waals surface area contributed by atoms with Gasteiger partial charge in [-0.1, -0.05) is 30.2 Å². The number of carboxylic acids is 1. The van der Waals surface area contributed by atoms with E-state index in [-0.39, 0.29) is 5.91 Å². The number of nitrogens with zero attached hydrogens (tertiary/aromatic N) is 1. The van der Waals surface area contributed by atoms with Crippen molar-refractivity contribution in [2.75, 3.05) is 6.54 Å². The molecular formula is C25H31ClN2O4. The molecule has 1 heterocycles. The van der Waals surface area contributed by atoms with E-state index in [2.05, 4.69) is 10.3 Å². The highest BCUT2D eigenvalue weighted by Gasteiger charge is 2.33. The van der Waals surface area contributed by atoms with Gasteiger partial charge in [0.05, 0.1) is 5.60 Å². The van der Waals surface area contributed by atoms with Crippen molar-refractivity contribution in [3.63, 3.8) is 0 Å². The Morgan fingerprint density at radius 1 is 1.22 bits per heavy atom. The quantitative estimate of drug-likeness (QED) is 0.572. The van der Waals surface area contributed by atoms with Crippen LogP contribution in [0, 0.1) is 19.8 Å². The van der Waals surface area contributed by atoms with E-state index in [9.17, 15) is 14.7 Å². The molecule has 7 heteroatoms. The van der Waals surface area contributed by atoms with Crippen LogP contribution in [0.2, 0.25) is 5.02 Å². The molecule has 1 fully saturated rings. The average molecular weight is 459 g/mol. The molecule has 1 amide bonds. The van der Waals surface area contributed by atoms with E-state index in [0.717, 1.165) is 18.4 Å². The number of pyridine rings is 1. The van der Waals surface area contributed by atoms with Crippen LogP contribution in [0.4, 0.5) is 0 Å². The number of halogens is 1. The Bertz CT molecular complexity index is 1010. The molecule has 3 rings (SSSR count). The number of amides is 1. The first-order chi connectivity index (χ1) is 15.0. The van der Waals surface area contributed by atoms with Gasteiger partial charge in [-0.3, -0.25) is 4.79 Å². The Labute approximate surface area is 194 Å². The molecule has 1 aliphatic rings. The first-order valence-corrected chi connectivity index (χ1v) is 11.3. The van der Waals surface area contributed by atoms with Gasteiger partial charge in [-0.15, -0.1) is 0 Å². The van der Waals surface area contributed by atoms with E-state index in [4.69, 9.17) is 16.3 Å². The number of aryl methyl sites for hydroxylation is 1. The van der Waals surface area contributed by atoms with Gasteiger partial charge in [0.2, 0.25) is 0 Å². The van der Waals surface area contributed by atoms with E-state index in [0.29, 0.717) is 45.6 Å². The number of carbonyl (C=O) groups excluding carboxylic acids is 1. The summed E-state index contributed by atoms with van der Waals surface area (Å²) in [7, 11) is 0. The fourth-order valence-corrected chi connectivity index (χ4v) is 4.07. The lowest BCUT2D eigenvalue weighted by Crippen LogP contribution is -2.34. The zero-order chi connectivity index (χ0) is 23.6. The number of hydrogen-bond acceptors (Lipinski definition) is 4. The van der Waals surface area contributed by atoms with Gasteiger partial charge in [-0.25, -0.2) is 9.78 Å². The fourth-order valence-electron chi connectivity index (χ4n) is 3.95. The molecular weight excluding hydrogens is 428 g/mol. The summed E-state index contributed by atoms with van der Waals surface area (Å²) in [6.07, 6.45) is 2.23. The SMILES string of the molecule is Cc1nc(C(=O)NCC2CCC2)c(C)c(-c2ccc(Cl)cc2)c1[C@H](OC(C)(C)C)C(=O)O. The fraction of sp³-hybridized carbons (Fsp3) is 0.480. The smallest absolute Gasteiger partial charge is 0.337 e. The van der Waals surface area contributed by atoms with Crippen molar-refractivity contribution >= 4 is 23.5 Å². The molecule has 32 heavy (non-hydrogen) atoms. The lowest BCUT2D eigenvalue weighted by molar-refractivity contribution is -0.160. The maximum atomic E-state index is 13.0. The molecule has 0 radical (unpaired) electrons. The lowest BCUT2D eigenvalue weighted by atomic mass is 9.85. The Hall–Kier alpha value is -2.44. The second-order valence-electron chi connectivity index (χ2n) is 9.42. The van der Waals surface area contributed by atoms with Crippen LogP contribution < -0.4 is 5.32 Å². The maximum absolute atomic E-state index is 13.0. The van der Waals surface area contributed by atoms with Crippen LogP contribution in [0.15, 0.2) is 24.3 Å². The highest BCUT2D eigenvalue weighted by molar-refractivity contribution is 6.30. The van der Waals surface area contributed by atoms with E-state index < -0.39 is 17.7 Å². The molecule has 1 aromatic heterocycles. The van der Waals surface area contributed by atoms with Crippen LogP contribution in [0.3, 0.4) is 0 Å². The van der Waals surface area contributed by atoms with Crippen LogP contribution in [0.5, 0.6) is 0 Å². The van der Waals surface area contributed by atoms with Crippen molar-refractivity contribution in [3.05, 3.63) is 51.8 Å². The highest BCUT2D eigenvalue weighted by Crippen LogP contribution is 2.38. The number of rotatable bonds is 7. The number of carboxylic acid groups (broad SMARTS) is 1. The molecule has 1 aliphatic carbocycles. The van der Waals surface area contributed by atoms with Crippen molar-refractivity contribution in [2.45, 2.75) is 65.6 Å². The van der Waals surface area contributed by atoms with Crippen molar-refractivity contribution in [1.29, 1.82) is 0 Å². The summed E-state index contributed by atoms with van der Waals surface area (Å²) in [5.41, 5.74) is 2.51. The zero-order valence-electron chi connectivity index (χ0n) is 19.3. The molecule has 0 bridgehead atoms. The predicted octanol–water partition coefficient (Wildman–Crippen LogP) is 5.49. The van der Waals surface area contributed by atoms with Crippen molar-refractivity contribution in [3.8, 4) is 11.1 Å². The highest BCUT2D eigenvalue weighted by atomic mass is 35.5. The van der Waals surface area contributed by atoms with Gasteiger partial charge in [-0.2, -0.15) is 0 Å². The third-order valence-corrected chi connectivity index (χ3v) is 6.00. The third-order valence-electron chi connectivity index (χ3n) is 5.75. The van der Waals surface area contributed by atoms with E-state index >= 15 is 0 Å². The van der Waals surface area contributed by atoms with Crippen LogP contribution in [-0.2, 0) is 9.53 Å². The molecule has 0 aliphatic heterocycles. The van der Waals surface area contributed by atoms with Crippen LogP contribution in [-0.4, -0.2) is 34.1 Å². The van der Waals surface area contributed by atoms with E-state index in [1.54, 1.807) is 26.0 Å². The number of nitrogens with one attached hydrogen (secondary N) is 1. The van der Waals surface area contributed by atoms with Gasteiger partial charge in [-0.05, 0) is 82.2 Å². The minimum absolute atomic E-state index is 0.247. The van der Waals surface area contributed by atoms with E-state index in [1.165, 1.54) is 6.42 Å². The second kappa shape index (κ2) is 9.59. The molecule has 0 unspecified atom stereocenters. The Balaban J connectivity index is 2.15. The molecule has 6 nitrogen and oxygen atoms in total. The van der Waals surface area contributed by atoms with Gasteiger partial charge in [0.15, 0.2) is 6.10 Å². The van der Waals surface area contributed by atoms with Gasteiger partial charge < -0.3 is 15.2 Å². The third kappa shape index (κ3) is 5.48. The normalized spacial score (nSPS) is 15.2. The number of carbonyl (C=O) groups is 2. The van der Waals surface area contributed by atoms with Gasteiger partial charge in [0.25, 0.3) is 5.91 Å². The molecule has 0 spiro atoms. The number of hydrogen-bond donors (Lipinski definition) is 2. The second-order valence-corrected chi connectivity index (χ2v) is 9.86. The van der Waals surface area contributed by atoms with Gasteiger partial charge >= 0.3 is 5.97 Å². The van der Waals surface area contributed by atoms with Crippen molar-refractivity contribution in [2.24, 2.45) is 5.92 Å². The summed E-state index contributed by atoms with van der Waals surface area (Å²) in [6.45, 7) is 9.57. The Morgan fingerprint density at radius 2 is 1.84 bits per heavy atom. The summed E-state index contributed by atoms with van der Waals surface area (Å²) in [5, 5.41) is 13.6. The summed E-state index contributed by atoms with van der Waals surface area (Å²) in [4.78, 5) is 29.8. The molecule has 1 saturated carbocycles. The minimum Gasteiger partial charge on any atom is -0.479 e. The number of aliphatic carboxylic acids is 1. The van der Waals surface area contributed by atoms with Crippen LogP contribution in [0.25, 0.3) is 11.1 Å². The molecule has 172 valence electrons. The first kappa shape index (κ1) is 24.2. The minimum atomic E-state index is -1.24. The number of aromatic nitrogens is 1. The molecule has 1 atom stereocenters. The first-order valence-electron chi connectivity index (χ1n) is 10.9.